The number of benzene rings is 1. The van der Waals surface area contributed by atoms with Crippen LogP contribution in [0.1, 0.15) is 43.2 Å². The molecular weight excluding hydrogens is 266 g/mol. The molecule has 0 aromatic heterocycles. The van der Waals surface area contributed by atoms with Crippen LogP contribution >= 0.6 is 0 Å². The zero-order valence-electron chi connectivity index (χ0n) is 12.5. The van der Waals surface area contributed by atoms with E-state index < -0.39 is 0 Å². The second-order valence-corrected chi connectivity index (χ2v) is 6.81. The average molecular weight is 287 g/mol. The minimum absolute atomic E-state index is 0.314. The Bertz CT molecular complexity index is 615. The van der Waals surface area contributed by atoms with Crippen molar-refractivity contribution >= 4 is 0 Å². The van der Waals surface area contributed by atoms with Crippen LogP contribution in [0.25, 0.3) is 0 Å². The highest BCUT2D eigenvalue weighted by Gasteiger charge is 2.54. The lowest BCUT2D eigenvalue weighted by Gasteiger charge is -2.47. The van der Waals surface area contributed by atoms with Gasteiger partial charge in [-0.1, -0.05) is 12.8 Å². The van der Waals surface area contributed by atoms with E-state index >= 15 is 0 Å². The van der Waals surface area contributed by atoms with E-state index in [1.54, 1.807) is 7.11 Å². The van der Waals surface area contributed by atoms with Crippen molar-refractivity contribution in [2.45, 2.75) is 50.1 Å². The van der Waals surface area contributed by atoms with Crippen molar-refractivity contribution in [3.8, 4) is 17.2 Å². The zero-order chi connectivity index (χ0) is 14.0. The van der Waals surface area contributed by atoms with Gasteiger partial charge in [0.05, 0.1) is 7.11 Å². The predicted molar refractivity (Wildman–Crippen MR) is 78.1 cm³/mol. The highest BCUT2D eigenvalue weighted by molar-refractivity contribution is 5.63. The maximum Gasteiger partial charge on any atom is 0.231 e. The van der Waals surface area contributed by atoms with E-state index in [1.165, 1.54) is 49.8 Å². The fourth-order valence-electron chi connectivity index (χ4n) is 5.25. The molecule has 1 aromatic rings. The summed E-state index contributed by atoms with van der Waals surface area (Å²) in [6, 6.07) is 2.99. The van der Waals surface area contributed by atoms with E-state index in [0.717, 1.165) is 29.8 Å². The first kappa shape index (κ1) is 12.2. The molecule has 4 aliphatic rings. The first-order chi connectivity index (χ1) is 10.3. The van der Waals surface area contributed by atoms with Gasteiger partial charge in [0.1, 0.15) is 0 Å². The molecule has 0 radical (unpaired) electrons. The molecule has 1 saturated heterocycles. The highest BCUT2D eigenvalue weighted by atomic mass is 16.7. The molecule has 3 atom stereocenters. The third-order valence-corrected chi connectivity index (χ3v) is 6.10. The number of fused-ring (bicyclic) bond motifs is 2. The molecule has 3 heterocycles. The van der Waals surface area contributed by atoms with Crippen molar-refractivity contribution in [3.63, 3.8) is 0 Å². The Labute approximate surface area is 125 Å². The molecule has 0 spiro atoms. The summed E-state index contributed by atoms with van der Waals surface area (Å²) < 4.78 is 17.0. The van der Waals surface area contributed by atoms with Gasteiger partial charge in [0.2, 0.25) is 12.5 Å². The summed E-state index contributed by atoms with van der Waals surface area (Å²) in [6.45, 7) is 2.53. The summed E-state index contributed by atoms with van der Waals surface area (Å²) in [5, 5.41) is 0. The lowest BCUT2D eigenvalue weighted by Crippen LogP contribution is -2.48. The van der Waals surface area contributed by atoms with Crippen molar-refractivity contribution in [1.82, 2.24) is 4.90 Å². The molecule has 0 N–H and O–H groups in total. The van der Waals surface area contributed by atoms with E-state index in [4.69, 9.17) is 14.2 Å². The largest absolute Gasteiger partial charge is 0.492 e. The number of hydrogen-bond acceptors (Lipinski definition) is 4. The van der Waals surface area contributed by atoms with Gasteiger partial charge in [-0.15, -0.1) is 0 Å². The maximum atomic E-state index is 5.72. The van der Waals surface area contributed by atoms with Crippen LogP contribution in [0.4, 0.5) is 0 Å². The van der Waals surface area contributed by atoms with Crippen molar-refractivity contribution in [1.29, 1.82) is 0 Å². The Morgan fingerprint density at radius 2 is 2.24 bits per heavy atom. The minimum Gasteiger partial charge on any atom is -0.492 e. The van der Waals surface area contributed by atoms with Crippen LogP contribution in [0.2, 0.25) is 0 Å². The Morgan fingerprint density at radius 3 is 3.14 bits per heavy atom. The molecule has 4 nitrogen and oxygen atoms in total. The van der Waals surface area contributed by atoms with Crippen LogP contribution in [0.5, 0.6) is 17.2 Å². The molecule has 3 unspecified atom stereocenters. The van der Waals surface area contributed by atoms with Gasteiger partial charge >= 0.3 is 0 Å². The van der Waals surface area contributed by atoms with Gasteiger partial charge in [-0.2, -0.15) is 0 Å². The van der Waals surface area contributed by atoms with Crippen LogP contribution in [0.15, 0.2) is 6.07 Å². The van der Waals surface area contributed by atoms with Crippen molar-refractivity contribution < 1.29 is 14.2 Å². The molecule has 4 heteroatoms. The summed E-state index contributed by atoms with van der Waals surface area (Å²) in [5.41, 5.74) is 3.17. The molecule has 112 valence electrons. The molecule has 1 aromatic carbocycles. The monoisotopic (exact) mass is 287 g/mol. The molecule has 2 bridgehead atoms. The average Bonchev–Trinajstić information content (AvgIpc) is 3.09. The molecule has 2 fully saturated rings. The predicted octanol–water partition coefficient (Wildman–Crippen LogP) is 2.82. The van der Waals surface area contributed by atoms with Gasteiger partial charge in [-0.25, -0.2) is 0 Å². The van der Waals surface area contributed by atoms with Gasteiger partial charge < -0.3 is 14.2 Å². The molecule has 5 rings (SSSR count). The fourth-order valence-corrected chi connectivity index (χ4v) is 5.25. The molecule has 0 amide bonds. The Hall–Kier alpha value is -1.42. The topological polar surface area (TPSA) is 30.9 Å². The van der Waals surface area contributed by atoms with Gasteiger partial charge in [0, 0.05) is 23.6 Å². The van der Waals surface area contributed by atoms with Crippen LogP contribution in [-0.4, -0.2) is 31.4 Å². The van der Waals surface area contributed by atoms with Gasteiger partial charge in [0.25, 0.3) is 0 Å². The van der Waals surface area contributed by atoms with Gasteiger partial charge in [-0.05, 0) is 37.4 Å². The SMILES string of the molecule is COc1c2c(cc3c1OCO3)C13CCCCC1N(CC3)C2. The minimum atomic E-state index is 0.314. The molecule has 1 saturated carbocycles. The number of methoxy groups -OCH3 is 1. The Kier molecular flexibility index (Phi) is 2.35. The van der Waals surface area contributed by atoms with E-state index in [-0.39, 0.29) is 0 Å². The molecule has 1 aliphatic carbocycles. The smallest absolute Gasteiger partial charge is 0.231 e. The molecular formula is C17H21NO3. The normalized spacial score (nSPS) is 35.3. The first-order valence-electron chi connectivity index (χ1n) is 8.07. The Balaban J connectivity index is 1.76. The van der Waals surface area contributed by atoms with Gasteiger partial charge in [0.15, 0.2) is 11.5 Å². The van der Waals surface area contributed by atoms with E-state index in [9.17, 15) is 0 Å². The van der Waals surface area contributed by atoms with Crippen molar-refractivity contribution in [2.24, 2.45) is 0 Å². The third-order valence-electron chi connectivity index (χ3n) is 6.10. The number of hydrogen-bond donors (Lipinski definition) is 0. The molecule has 3 aliphatic heterocycles. The van der Waals surface area contributed by atoms with Crippen LogP contribution < -0.4 is 14.2 Å². The summed E-state index contributed by atoms with van der Waals surface area (Å²) in [6.07, 6.45) is 6.66. The summed E-state index contributed by atoms with van der Waals surface area (Å²) in [4.78, 5) is 2.67. The summed E-state index contributed by atoms with van der Waals surface area (Å²) >= 11 is 0. The standard InChI is InChI=1S/C17H21NO3/c1-19-15-11-9-18-7-6-17(5-3-2-4-14(17)18)12(11)8-13-16(15)21-10-20-13/h8,14H,2-7,9-10H2,1H3. The molecule has 21 heavy (non-hydrogen) atoms. The van der Waals surface area contributed by atoms with Crippen LogP contribution in [-0.2, 0) is 12.0 Å². The zero-order valence-corrected chi connectivity index (χ0v) is 12.5. The second kappa shape index (κ2) is 4.07. The van der Waals surface area contributed by atoms with Crippen molar-refractivity contribution in [3.05, 3.63) is 17.2 Å². The van der Waals surface area contributed by atoms with Crippen LogP contribution in [0.3, 0.4) is 0 Å². The van der Waals surface area contributed by atoms with E-state index in [1.807, 2.05) is 0 Å². The lowest BCUT2D eigenvalue weighted by molar-refractivity contribution is 0.130. The first-order valence-corrected chi connectivity index (χ1v) is 8.07. The second-order valence-electron chi connectivity index (χ2n) is 6.81. The summed E-state index contributed by atoms with van der Waals surface area (Å²) in [7, 11) is 1.75. The quantitative estimate of drug-likeness (QED) is 0.795. The maximum absolute atomic E-state index is 5.72. The van der Waals surface area contributed by atoms with E-state index in [0.29, 0.717) is 12.2 Å². The van der Waals surface area contributed by atoms with Crippen molar-refractivity contribution in [2.75, 3.05) is 20.4 Å². The van der Waals surface area contributed by atoms with Gasteiger partial charge in [-0.3, -0.25) is 4.90 Å². The number of rotatable bonds is 1. The number of ether oxygens (including phenoxy) is 3. The lowest BCUT2D eigenvalue weighted by atomic mass is 9.63. The van der Waals surface area contributed by atoms with E-state index in [2.05, 4.69) is 11.0 Å². The van der Waals surface area contributed by atoms with Crippen LogP contribution in [0, 0.1) is 0 Å². The highest BCUT2D eigenvalue weighted by Crippen LogP contribution is 2.58. The number of nitrogens with zero attached hydrogens (tertiary/aromatic N) is 1. The Morgan fingerprint density at radius 1 is 1.29 bits per heavy atom. The summed E-state index contributed by atoms with van der Waals surface area (Å²) in [5.74, 6) is 2.60. The fraction of sp³-hybridized carbons (Fsp3) is 0.647. The third kappa shape index (κ3) is 1.39.